The van der Waals surface area contributed by atoms with Crippen LogP contribution in [0.2, 0.25) is 0 Å². The van der Waals surface area contributed by atoms with E-state index in [1.54, 1.807) is 26.8 Å². The molecule has 0 unspecified atom stereocenters. The van der Waals surface area contributed by atoms with Crippen LogP contribution in [0.4, 0.5) is 5.69 Å². The highest BCUT2D eigenvalue weighted by Gasteiger charge is 2.28. The summed E-state index contributed by atoms with van der Waals surface area (Å²) in [6, 6.07) is 15.6. The van der Waals surface area contributed by atoms with Gasteiger partial charge in [0.1, 0.15) is 0 Å². The minimum absolute atomic E-state index is 0.580. The van der Waals surface area contributed by atoms with Crippen molar-refractivity contribution in [2.75, 3.05) is 4.72 Å². The molecular weight excluding hydrogens is 362 g/mol. The Balaban J connectivity index is 2.35. The molecule has 0 fully saturated rings. The summed E-state index contributed by atoms with van der Waals surface area (Å²) in [6.45, 7) is 5.04. The standard InChI is InChI=1S/C17H20BrNO2S/c1-17(2,3)22(20,21)19-16-9-5-8-15(11-16)14-7-4-6-13(10-14)12-18/h4-11,19H,12H2,1-3H3. The van der Waals surface area contributed by atoms with E-state index in [0.29, 0.717) is 5.69 Å². The van der Waals surface area contributed by atoms with E-state index in [1.807, 2.05) is 36.4 Å². The number of benzene rings is 2. The van der Waals surface area contributed by atoms with Crippen molar-refractivity contribution in [3.63, 3.8) is 0 Å². The number of hydrogen-bond acceptors (Lipinski definition) is 2. The van der Waals surface area contributed by atoms with Crippen LogP contribution in [0.25, 0.3) is 11.1 Å². The Labute approximate surface area is 140 Å². The van der Waals surface area contributed by atoms with Crippen LogP contribution >= 0.6 is 15.9 Å². The van der Waals surface area contributed by atoms with Crippen LogP contribution in [0.1, 0.15) is 26.3 Å². The molecule has 3 nitrogen and oxygen atoms in total. The van der Waals surface area contributed by atoms with Crippen molar-refractivity contribution in [2.45, 2.75) is 30.8 Å². The Hall–Kier alpha value is -1.33. The lowest BCUT2D eigenvalue weighted by atomic mass is 10.0. The van der Waals surface area contributed by atoms with Crippen molar-refractivity contribution >= 4 is 31.6 Å². The molecule has 5 heteroatoms. The van der Waals surface area contributed by atoms with E-state index in [-0.39, 0.29) is 0 Å². The summed E-state index contributed by atoms with van der Waals surface area (Å²) in [5, 5.41) is 0.789. The number of alkyl halides is 1. The molecule has 0 atom stereocenters. The lowest BCUT2D eigenvalue weighted by molar-refractivity contribution is 0.566. The number of sulfonamides is 1. The Morgan fingerprint density at radius 3 is 2.18 bits per heavy atom. The van der Waals surface area contributed by atoms with Crippen LogP contribution in [0.3, 0.4) is 0 Å². The maximum atomic E-state index is 12.3. The molecule has 0 saturated heterocycles. The van der Waals surface area contributed by atoms with Crippen LogP contribution < -0.4 is 4.72 Å². The molecule has 2 aromatic carbocycles. The molecule has 0 bridgehead atoms. The molecule has 1 N–H and O–H groups in total. The van der Waals surface area contributed by atoms with E-state index in [1.165, 1.54) is 5.56 Å². The average Bonchev–Trinajstić information content (AvgIpc) is 2.46. The molecule has 0 saturated carbocycles. The molecule has 0 spiro atoms. The van der Waals surface area contributed by atoms with Gasteiger partial charge in [-0.25, -0.2) is 8.42 Å². The summed E-state index contributed by atoms with van der Waals surface area (Å²) in [4.78, 5) is 0. The Morgan fingerprint density at radius 1 is 1.00 bits per heavy atom. The molecule has 22 heavy (non-hydrogen) atoms. The molecule has 0 amide bonds. The first-order valence-electron chi connectivity index (χ1n) is 7.01. The highest BCUT2D eigenvalue weighted by Crippen LogP contribution is 2.26. The van der Waals surface area contributed by atoms with Gasteiger partial charge < -0.3 is 0 Å². The van der Waals surface area contributed by atoms with Gasteiger partial charge in [0.25, 0.3) is 0 Å². The first-order valence-corrected chi connectivity index (χ1v) is 9.61. The first kappa shape index (κ1) is 17.0. The van der Waals surface area contributed by atoms with Crippen LogP contribution in [0.15, 0.2) is 48.5 Å². The van der Waals surface area contributed by atoms with Gasteiger partial charge >= 0.3 is 0 Å². The van der Waals surface area contributed by atoms with E-state index in [2.05, 4.69) is 26.7 Å². The zero-order valence-electron chi connectivity index (χ0n) is 12.9. The molecular formula is C17H20BrNO2S. The third kappa shape index (κ3) is 3.90. The summed E-state index contributed by atoms with van der Waals surface area (Å²) in [6.07, 6.45) is 0. The van der Waals surface area contributed by atoms with Gasteiger partial charge in [-0.3, -0.25) is 4.72 Å². The number of hydrogen-bond donors (Lipinski definition) is 1. The zero-order chi connectivity index (χ0) is 16.4. The maximum Gasteiger partial charge on any atom is 0.237 e. The maximum absolute atomic E-state index is 12.3. The van der Waals surface area contributed by atoms with Gasteiger partial charge in [-0.15, -0.1) is 0 Å². The van der Waals surface area contributed by atoms with E-state index in [4.69, 9.17) is 0 Å². The fraction of sp³-hybridized carbons (Fsp3) is 0.294. The van der Waals surface area contributed by atoms with Gasteiger partial charge in [0, 0.05) is 11.0 Å². The molecule has 2 rings (SSSR count). The van der Waals surface area contributed by atoms with Crippen molar-refractivity contribution in [3.8, 4) is 11.1 Å². The topological polar surface area (TPSA) is 46.2 Å². The van der Waals surface area contributed by atoms with Crippen molar-refractivity contribution in [2.24, 2.45) is 0 Å². The molecule has 0 radical (unpaired) electrons. The third-order valence-electron chi connectivity index (χ3n) is 3.34. The summed E-state index contributed by atoms with van der Waals surface area (Å²) in [5.74, 6) is 0. The largest absolute Gasteiger partial charge is 0.283 e. The second-order valence-corrected chi connectivity index (χ2v) is 9.13. The van der Waals surface area contributed by atoms with Crippen LogP contribution in [-0.2, 0) is 15.4 Å². The van der Waals surface area contributed by atoms with Gasteiger partial charge in [0.05, 0.1) is 4.75 Å². The van der Waals surface area contributed by atoms with Crippen molar-refractivity contribution in [1.29, 1.82) is 0 Å². The van der Waals surface area contributed by atoms with E-state index in [9.17, 15) is 8.42 Å². The molecule has 118 valence electrons. The predicted octanol–water partition coefficient (Wildman–Crippen LogP) is 4.79. The van der Waals surface area contributed by atoms with Crippen molar-refractivity contribution < 1.29 is 8.42 Å². The van der Waals surface area contributed by atoms with E-state index >= 15 is 0 Å². The van der Waals surface area contributed by atoms with Crippen LogP contribution in [0, 0.1) is 0 Å². The smallest absolute Gasteiger partial charge is 0.237 e. The second kappa shape index (κ2) is 6.42. The van der Waals surface area contributed by atoms with Crippen LogP contribution in [-0.4, -0.2) is 13.2 Å². The van der Waals surface area contributed by atoms with Crippen molar-refractivity contribution in [1.82, 2.24) is 0 Å². The molecule has 2 aromatic rings. The third-order valence-corrected chi connectivity index (χ3v) is 6.10. The SMILES string of the molecule is CC(C)(C)S(=O)(=O)Nc1cccc(-c2cccc(CBr)c2)c1. The van der Waals surface area contributed by atoms with Gasteiger partial charge in [-0.1, -0.05) is 52.3 Å². The first-order chi connectivity index (χ1) is 10.2. The molecule has 0 aliphatic rings. The Kier molecular flexibility index (Phi) is 4.97. The fourth-order valence-corrected chi connectivity index (χ4v) is 3.00. The quantitative estimate of drug-likeness (QED) is 0.773. The monoisotopic (exact) mass is 381 g/mol. The molecule has 0 heterocycles. The summed E-state index contributed by atoms with van der Waals surface area (Å²) in [5.41, 5.74) is 3.81. The van der Waals surface area contributed by atoms with Crippen molar-refractivity contribution in [3.05, 3.63) is 54.1 Å². The number of rotatable bonds is 4. The van der Waals surface area contributed by atoms with Gasteiger partial charge in [-0.2, -0.15) is 0 Å². The lowest BCUT2D eigenvalue weighted by Gasteiger charge is -2.20. The molecule has 0 aliphatic carbocycles. The summed E-state index contributed by atoms with van der Waals surface area (Å²) in [7, 11) is -3.42. The van der Waals surface area contributed by atoms with E-state index < -0.39 is 14.8 Å². The highest BCUT2D eigenvalue weighted by molar-refractivity contribution is 9.08. The minimum Gasteiger partial charge on any atom is -0.283 e. The predicted molar refractivity (Wildman–Crippen MR) is 96.8 cm³/mol. The van der Waals surface area contributed by atoms with Gasteiger partial charge in [0.2, 0.25) is 10.0 Å². The minimum atomic E-state index is -3.42. The van der Waals surface area contributed by atoms with Gasteiger partial charge in [0.15, 0.2) is 0 Å². The molecule has 0 aromatic heterocycles. The number of halogens is 1. The average molecular weight is 382 g/mol. The zero-order valence-corrected chi connectivity index (χ0v) is 15.3. The van der Waals surface area contributed by atoms with Crippen LogP contribution in [0.5, 0.6) is 0 Å². The molecule has 0 aliphatic heterocycles. The Bertz CT molecular complexity index is 764. The van der Waals surface area contributed by atoms with E-state index in [0.717, 1.165) is 16.5 Å². The number of anilines is 1. The summed E-state index contributed by atoms with van der Waals surface area (Å²) < 4.78 is 26.3. The fourth-order valence-electron chi connectivity index (χ4n) is 1.90. The Morgan fingerprint density at radius 2 is 1.59 bits per heavy atom. The second-order valence-electron chi connectivity index (χ2n) is 6.13. The highest BCUT2D eigenvalue weighted by atomic mass is 79.9. The number of nitrogens with one attached hydrogen (secondary N) is 1. The van der Waals surface area contributed by atoms with Gasteiger partial charge in [-0.05, 0) is 49.6 Å². The normalized spacial score (nSPS) is 12.2. The summed E-state index contributed by atoms with van der Waals surface area (Å²) >= 11 is 3.45. The lowest BCUT2D eigenvalue weighted by Crippen LogP contribution is -2.33.